The maximum absolute atomic E-state index is 12.5. The second-order valence-corrected chi connectivity index (χ2v) is 7.68. The maximum Gasteiger partial charge on any atom is 0.317 e. The summed E-state index contributed by atoms with van der Waals surface area (Å²) in [6, 6.07) is 14.8. The molecule has 1 aliphatic rings. The fraction of sp³-hybridized carbons (Fsp3) is 0.455. The van der Waals surface area contributed by atoms with Crippen LogP contribution in [0.1, 0.15) is 18.9 Å². The normalized spacial score (nSPS) is 16.1. The molecule has 1 fully saturated rings. The second-order valence-electron chi connectivity index (χ2n) is 7.68. The standard InChI is InChI=1S/C22H30N4O2/c1-17(15-19-7-4-6-18-5-2-3-8-20(18)19)16-24-22(28)26-13-11-25(12-14-26)10-9-21(23)27/h2-8,17H,9-16H2,1H3,(H2,23,27)(H,24,28)/t17-/m0/s1. The molecule has 0 aliphatic carbocycles. The molecule has 150 valence electrons. The van der Waals surface area contributed by atoms with E-state index in [2.05, 4.69) is 59.6 Å². The van der Waals surface area contributed by atoms with Gasteiger partial charge in [-0.3, -0.25) is 9.69 Å². The highest BCUT2D eigenvalue weighted by atomic mass is 16.2. The van der Waals surface area contributed by atoms with E-state index in [0.717, 1.165) is 19.5 Å². The van der Waals surface area contributed by atoms with Crippen LogP contribution in [0.5, 0.6) is 0 Å². The van der Waals surface area contributed by atoms with E-state index in [1.54, 1.807) is 0 Å². The summed E-state index contributed by atoms with van der Waals surface area (Å²) in [5.41, 5.74) is 6.52. The number of nitrogens with one attached hydrogen (secondary N) is 1. The number of piperazine rings is 1. The Balaban J connectivity index is 1.44. The Hall–Kier alpha value is -2.60. The van der Waals surface area contributed by atoms with Crippen molar-refractivity contribution < 1.29 is 9.59 Å². The van der Waals surface area contributed by atoms with Crippen molar-refractivity contribution in [1.29, 1.82) is 0 Å². The van der Waals surface area contributed by atoms with E-state index in [4.69, 9.17) is 5.73 Å². The Kier molecular flexibility index (Phi) is 6.87. The maximum atomic E-state index is 12.5. The Morgan fingerprint density at radius 3 is 2.54 bits per heavy atom. The molecule has 0 radical (unpaired) electrons. The zero-order chi connectivity index (χ0) is 19.9. The summed E-state index contributed by atoms with van der Waals surface area (Å²) in [6.07, 6.45) is 1.31. The van der Waals surface area contributed by atoms with Crippen molar-refractivity contribution in [1.82, 2.24) is 15.1 Å². The van der Waals surface area contributed by atoms with Crippen molar-refractivity contribution >= 4 is 22.7 Å². The SMILES string of the molecule is C[C@H](CNC(=O)N1CCN(CCC(N)=O)CC1)Cc1cccc2ccccc12. The molecule has 6 nitrogen and oxygen atoms in total. The Bertz CT molecular complexity index is 810. The third-order valence-electron chi connectivity index (χ3n) is 5.38. The highest BCUT2D eigenvalue weighted by molar-refractivity contribution is 5.85. The number of urea groups is 1. The summed E-state index contributed by atoms with van der Waals surface area (Å²) in [5, 5.41) is 5.62. The number of hydrogen-bond acceptors (Lipinski definition) is 3. The number of carbonyl (C=O) groups excluding carboxylic acids is 2. The Morgan fingerprint density at radius 1 is 1.07 bits per heavy atom. The Labute approximate surface area is 166 Å². The number of rotatable bonds is 7. The average Bonchev–Trinajstić information content (AvgIpc) is 2.71. The van der Waals surface area contributed by atoms with E-state index in [1.165, 1.54) is 16.3 Å². The summed E-state index contributed by atoms with van der Waals surface area (Å²) in [5.74, 6) is 0.0759. The van der Waals surface area contributed by atoms with Gasteiger partial charge in [-0.2, -0.15) is 0 Å². The van der Waals surface area contributed by atoms with Crippen molar-refractivity contribution in [2.45, 2.75) is 19.8 Å². The zero-order valence-corrected chi connectivity index (χ0v) is 16.6. The van der Waals surface area contributed by atoms with Gasteiger partial charge in [0.15, 0.2) is 0 Å². The number of primary amides is 1. The van der Waals surface area contributed by atoms with Gasteiger partial charge in [-0.15, -0.1) is 0 Å². The largest absolute Gasteiger partial charge is 0.370 e. The van der Waals surface area contributed by atoms with Crippen LogP contribution in [0.4, 0.5) is 4.79 Å². The van der Waals surface area contributed by atoms with Crippen molar-refractivity contribution in [3.8, 4) is 0 Å². The molecule has 28 heavy (non-hydrogen) atoms. The first-order valence-electron chi connectivity index (χ1n) is 10.0. The van der Waals surface area contributed by atoms with Crippen LogP contribution >= 0.6 is 0 Å². The summed E-state index contributed by atoms with van der Waals surface area (Å²) >= 11 is 0. The number of hydrogen-bond donors (Lipinski definition) is 2. The number of benzene rings is 2. The number of carbonyl (C=O) groups is 2. The molecule has 1 heterocycles. The highest BCUT2D eigenvalue weighted by Gasteiger charge is 2.21. The molecule has 0 bridgehead atoms. The molecule has 1 atom stereocenters. The van der Waals surface area contributed by atoms with Crippen LogP contribution in [0.15, 0.2) is 42.5 Å². The summed E-state index contributed by atoms with van der Waals surface area (Å²) in [4.78, 5) is 27.4. The van der Waals surface area contributed by atoms with Crippen LogP contribution < -0.4 is 11.1 Å². The van der Waals surface area contributed by atoms with Crippen LogP contribution in [-0.4, -0.2) is 61.0 Å². The summed E-state index contributed by atoms with van der Waals surface area (Å²) in [7, 11) is 0. The molecule has 2 aromatic carbocycles. The van der Waals surface area contributed by atoms with Gasteiger partial charge in [-0.05, 0) is 28.7 Å². The molecule has 0 saturated carbocycles. The molecular formula is C22H30N4O2. The number of amides is 3. The predicted octanol–water partition coefficient (Wildman–Crippen LogP) is 2.22. The Morgan fingerprint density at radius 2 is 1.79 bits per heavy atom. The zero-order valence-electron chi connectivity index (χ0n) is 16.6. The fourth-order valence-electron chi connectivity index (χ4n) is 3.73. The molecule has 0 aromatic heterocycles. The first-order chi connectivity index (χ1) is 13.5. The minimum atomic E-state index is -0.277. The van der Waals surface area contributed by atoms with Gasteiger partial charge in [0, 0.05) is 45.7 Å². The fourth-order valence-corrected chi connectivity index (χ4v) is 3.73. The van der Waals surface area contributed by atoms with E-state index in [-0.39, 0.29) is 11.9 Å². The lowest BCUT2D eigenvalue weighted by Crippen LogP contribution is -2.52. The number of nitrogens with two attached hydrogens (primary N) is 1. The third kappa shape index (κ3) is 5.45. The predicted molar refractivity (Wildman–Crippen MR) is 112 cm³/mol. The van der Waals surface area contributed by atoms with E-state index in [0.29, 0.717) is 38.5 Å². The number of nitrogens with zero attached hydrogens (tertiary/aromatic N) is 2. The van der Waals surface area contributed by atoms with Crippen LogP contribution in [0.25, 0.3) is 10.8 Å². The summed E-state index contributed by atoms with van der Waals surface area (Å²) in [6.45, 7) is 6.43. The minimum Gasteiger partial charge on any atom is -0.370 e. The van der Waals surface area contributed by atoms with Crippen molar-refractivity contribution in [2.75, 3.05) is 39.3 Å². The van der Waals surface area contributed by atoms with Crippen LogP contribution in [0, 0.1) is 5.92 Å². The molecule has 2 aromatic rings. The smallest absolute Gasteiger partial charge is 0.317 e. The highest BCUT2D eigenvalue weighted by Crippen LogP contribution is 2.21. The second kappa shape index (κ2) is 9.55. The van der Waals surface area contributed by atoms with Gasteiger partial charge in [0.2, 0.25) is 5.91 Å². The van der Waals surface area contributed by atoms with Gasteiger partial charge in [-0.1, -0.05) is 49.4 Å². The topological polar surface area (TPSA) is 78.7 Å². The van der Waals surface area contributed by atoms with E-state index in [9.17, 15) is 9.59 Å². The molecule has 0 unspecified atom stereocenters. The molecule has 0 spiro atoms. The lowest BCUT2D eigenvalue weighted by Gasteiger charge is -2.34. The first kappa shape index (κ1) is 20.1. The van der Waals surface area contributed by atoms with E-state index >= 15 is 0 Å². The lowest BCUT2D eigenvalue weighted by atomic mass is 9.96. The van der Waals surface area contributed by atoms with Gasteiger partial charge in [-0.25, -0.2) is 4.79 Å². The molecule has 1 saturated heterocycles. The molecule has 3 N–H and O–H groups in total. The quantitative estimate of drug-likeness (QED) is 0.771. The van der Waals surface area contributed by atoms with E-state index < -0.39 is 0 Å². The van der Waals surface area contributed by atoms with Crippen molar-refractivity contribution in [2.24, 2.45) is 11.7 Å². The minimum absolute atomic E-state index is 0.000629. The van der Waals surface area contributed by atoms with Crippen LogP contribution in [-0.2, 0) is 11.2 Å². The number of fused-ring (bicyclic) bond motifs is 1. The van der Waals surface area contributed by atoms with Crippen LogP contribution in [0.2, 0.25) is 0 Å². The van der Waals surface area contributed by atoms with Gasteiger partial charge in [0.05, 0.1) is 0 Å². The van der Waals surface area contributed by atoms with Gasteiger partial charge in [0.1, 0.15) is 0 Å². The molecule has 6 heteroatoms. The third-order valence-corrected chi connectivity index (χ3v) is 5.38. The molecule has 1 aliphatic heterocycles. The van der Waals surface area contributed by atoms with Gasteiger partial charge >= 0.3 is 6.03 Å². The van der Waals surface area contributed by atoms with Crippen LogP contribution in [0.3, 0.4) is 0 Å². The van der Waals surface area contributed by atoms with Gasteiger partial charge in [0.25, 0.3) is 0 Å². The first-order valence-corrected chi connectivity index (χ1v) is 10.0. The van der Waals surface area contributed by atoms with Crippen molar-refractivity contribution in [3.05, 3.63) is 48.0 Å². The average molecular weight is 383 g/mol. The summed E-state index contributed by atoms with van der Waals surface area (Å²) < 4.78 is 0. The molecule has 3 amide bonds. The van der Waals surface area contributed by atoms with E-state index in [1.807, 2.05) is 4.90 Å². The molecular weight excluding hydrogens is 352 g/mol. The molecule has 3 rings (SSSR count). The van der Waals surface area contributed by atoms with Gasteiger partial charge < -0.3 is 16.0 Å². The monoisotopic (exact) mass is 382 g/mol. The van der Waals surface area contributed by atoms with Crippen molar-refractivity contribution in [3.63, 3.8) is 0 Å². The lowest BCUT2D eigenvalue weighted by molar-refractivity contribution is -0.118.